The Kier molecular flexibility index (Phi) is 2.93. The summed E-state index contributed by atoms with van der Waals surface area (Å²) in [5.74, 6) is -0.183. The monoisotopic (exact) mass is 169 g/mol. The fourth-order valence-corrected chi connectivity index (χ4v) is 0.881. The molecule has 1 rings (SSSR count). The second-order valence-electron chi connectivity index (χ2n) is 2.18. The summed E-state index contributed by atoms with van der Waals surface area (Å²) in [5.41, 5.74) is 0.964. The van der Waals surface area contributed by atoms with Crippen LogP contribution in [-0.4, -0.2) is 5.91 Å². The zero-order valence-corrected chi connectivity index (χ0v) is 6.64. The van der Waals surface area contributed by atoms with E-state index in [4.69, 9.17) is 11.8 Å². The quantitative estimate of drug-likeness (QED) is 0.668. The number of amides is 1. The van der Waals surface area contributed by atoms with E-state index in [1.807, 2.05) is 35.2 Å². The molecular weight excluding hydrogens is 162 g/mol. The van der Waals surface area contributed by atoms with Crippen LogP contribution in [0.15, 0.2) is 30.3 Å². The van der Waals surface area contributed by atoms with Crippen molar-refractivity contribution in [1.82, 2.24) is 4.84 Å². The third-order valence-electron chi connectivity index (χ3n) is 1.31. The molecule has 0 aliphatic carbocycles. The third-order valence-corrected chi connectivity index (χ3v) is 1.52. The van der Waals surface area contributed by atoms with Crippen molar-refractivity contribution < 1.29 is 4.79 Å². The van der Waals surface area contributed by atoms with E-state index in [9.17, 15) is 4.79 Å². The first-order valence-corrected chi connectivity index (χ1v) is 3.64. The Balaban J connectivity index is 2.58. The van der Waals surface area contributed by atoms with Crippen LogP contribution in [0, 0.1) is 0 Å². The highest BCUT2D eigenvalue weighted by Crippen LogP contribution is 1.98. The van der Waals surface area contributed by atoms with Crippen molar-refractivity contribution in [2.24, 2.45) is 0 Å². The Morgan fingerprint density at radius 3 is 2.55 bits per heavy atom. The molecule has 1 amide bonds. The second-order valence-corrected chi connectivity index (χ2v) is 2.37. The molecule has 0 heterocycles. The summed E-state index contributed by atoms with van der Waals surface area (Å²) in [5, 5.41) is 0. The number of rotatable bonds is 2. The lowest BCUT2D eigenvalue weighted by molar-refractivity contribution is -0.118. The van der Waals surface area contributed by atoms with Gasteiger partial charge in [-0.2, -0.15) is 0 Å². The molecule has 3 heteroatoms. The van der Waals surface area contributed by atoms with Crippen molar-refractivity contribution in [2.45, 2.75) is 6.42 Å². The first kappa shape index (κ1) is 8.08. The summed E-state index contributed by atoms with van der Waals surface area (Å²) in [7, 11) is 0. The largest absolute Gasteiger partial charge is 0.273 e. The second kappa shape index (κ2) is 3.98. The molecule has 0 atom stereocenters. The predicted octanol–water partition coefficient (Wildman–Crippen LogP) is 1.50. The fraction of sp³-hybridized carbons (Fsp3) is 0.125. The van der Waals surface area contributed by atoms with Gasteiger partial charge in [-0.05, 0) is 5.56 Å². The van der Waals surface area contributed by atoms with E-state index in [1.54, 1.807) is 0 Å². The summed E-state index contributed by atoms with van der Waals surface area (Å²) in [6, 6.07) is 9.44. The van der Waals surface area contributed by atoms with Crippen molar-refractivity contribution in [3.63, 3.8) is 0 Å². The van der Waals surface area contributed by atoms with E-state index >= 15 is 0 Å². The van der Waals surface area contributed by atoms with Crippen LogP contribution in [0.25, 0.3) is 0 Å². The molecule has 2 nitrogen and oxygen atoms in total. The normalized spacial score (nSPS) is 9.18. The van der Waals surface area contributed by atoms with Gasteiger partial charge in [0.05, 0.1) is 6.42 Å². The van der Waals surface area contributed by atoms with Crippen LogP contribution >= 0.6 is 11.8 Å². The zero-order valence-electron chi connectivity index (χ0n) is 5.88. The number of nitrogens with one attached hydrogen (secondary N) is 1. The highest BCUT2D eigenvalue weighted by Gasteiger charge is 1.98. The van der Waals surface area contributed by atoms with Gasteiger partial charge in [-0.3, -0.25) is 9.63 Å². The molecule has 1 aromatic rings. The molecule has 58 valence electrons. The summed E-state index contributed by atoms with van der Waals surface area (Å²) < 4.78 is 0. The van der Waals surface area contributed by atoms with Crippen LogP contribution < -0.4 is 4.84 Å². The summed E-state index contributed by atoms with van der Waals surface area (Å²) >= 11 is 5.10. The predicted molar refractivity (Wildman–Crippen MR) is 44.1 cm³/mol. The van der Waals surface area contributed by atoms with Crippen molar-refractivity contribution in [1.29, 1.82) is 0 Å². The Labute approximate surface area is 70.3 Å². The molecule has 11 heavy (non-hydrogen) atoms. The van der Waals surface area contributed by atoms with Crippen LogP contribution in [-0.2, 0) is 11.2 Å². The summed E-state index contributed by atoms with van der Waals surface area (Å²) in [6.07, 6.45) is 0.338. The van der Waals surface area contributed by atoms with E-state index in [0.29, 0.717) is 6.42 Å². The minimum Gasteiger partial charge on any atom is -0.273 e. The van der Waals surface area contributed by atoms with Crippen molar-refractivity contribution in [2.75, 3.05) is 0 Å². The molecule has 0 saturated heterocycles. The van der Waals surface area contributed by atoms with Gasteiger partial charge in [-0.1, -0.05) is 30.3 Å². The molecular formula is C8H8ClNO. The van der Waals surface area contributed by atoms with E-state index in [0.717, 1.165) is 5.56 Å². The Hall–Kier alpha value is -1.02. The number of hydrogen-bond donors (Lipinski definition) is 1. The van der Waals surface area contributed by atoms with Gasteiger partial charge >= 0.3 is 0 Å². The number of benzene rings is 1. The number of carbonyl (C=O) groups excluding carboxylic acids is 1. The van der Waals surface area contributed by atoms with E-state index < -0.39 is 0 Å². The molecule has 0 aromatic heterocycles. The zero-order chi connectivity index (χ0) is 8.10. The minimum absolute atomic E-state index is 0.183. The molecule has 0 aliphatic rings. The van der Waals surface area contributed by atoms with Gasteiger partial charge in [0.15, 0.2) is 0 Å². The number of halogens is 1. The fourth-order valence-electron chi connectivity index (χ4n) is 0.815. The van der Waals surface area contributed by atoms with Crippen molar-refractivity contribution in [3.05, 3.63) is 35.9 Å². The van der Waals surface area contributed by atoms with Gasteiger partial charge in [0.2, 0.25) is 5.91 Å². The lowest BCUT2D eigenvalue weighted by Crippen LogP contribution is -2.14. The maximum atomic E-state index is 10.7. The van der Waals surface area contributed by atoms with Crippen LogP contribution in [0.2, 0.25) is 0 Å². The molecule has 0 bridgehead atoms. The lowest BCUT2D eigenvalue weighted by atomic mass is 10.1. The van der Waals surface area contributed by atoms with Crippen LogP contribution in [0.1, 0.15) is 5.56 Å². The van der Waals surface area contributed by atoms with Crippen LogP contribution in [0.3, 0.4) is 0 Å². The van der Waals surface area contributed by atoms with Gasteiger partial charge in [-0.25, -0.2) is 0 Å². The molecule has 0 unspecified atom stereocenters. The van der Waals surface area contributed by atoms with Gasteiger partial charge in [0.25, 0.3) is 0 Å². The highest BCUT2D eigenvalue weighted by molar-refractivity contribution is 6.21. The molecule has 0 radical (unpaired) electrons. The van der Waals surface area contributed by atoms with Crippen molar-refractivity contribution >= 4 is 17.7 Å². The highest BCUT2D eigenvalue weighted by atomic mass is 35.5. The van der Waals surface area contributed by atoms with Crippen molar-refractivity contribution in [3.8, 4) is 0 Å². The first-order chi connectivity index (χ1) is 5.33. The third kappa shape index (κ3) is 2.60. The number of carbonyl (C=O) groups is 1. The van der Waals surface area contributed by atoms with E-state index in [2.05, 4.69) is 0 Å². The molecule has 1 aromatic carbocycles. The molecule has 0 spiro atoms. The Bertz CT molecular complexity index is 235. The first-order valence-electron chi connectivity index (χ1n) is 3.26. The molecule has 0 fully saturated rings. The maximum absolute atomic E-state index is 10.7. The average Bonchev–Trinajstić information content (AvgIpc) is 2.06. The molecule has 0 saturated carbocycles. The smallest absolute Gasteiger partial charge is 0.238 e. The Morgan fingerprint density at radius 2 is 2.00 bits per heavy atom. The summed E-state index contributed by atoms with van der Waals surface area (Å²) in [6.45, 7) is 0. The number of hydrogen-bond acceptors (Lipinski definition) is 1. The van der Waals surface area contributed by atoms with Gasteiger partial charge in [0.1, 0.15) is 0 Å². The Morgan fingerprint density at radius 1 is 1.36 bits per heavy atom. The SMILES string of the molecule is O=C(Cc1ccccc1)NCl. The average molecular weight is 170 g/mol. The lowest BCUT2D eigenvalue weighted by Gasteiger charge is -1.96. The standard InChI is InChI=1S/C8H8ClNO/c9-10-8(11)6-7-4-2-1-3-5-7/h1-5H,6H2,(H,10,11). The topological polar surface area (TPSA) is 29.1 Å². The van der Waals surface area contributed by atoms with E-state index in [1.165, 1.54) is 0 Å². The minimum atomic E-state index is -0.183. The molecule has 1 N–H and O–H groups in total. The van der Waals surface area contributed by atoms with Crippen LogP contribution in [0.5, 0.6) is 0 Å². The van der Waals surface area contributed by atoms with Gasteiger partial charge in [0, 0.05) is 11.8 Å². The summed E-state index contributed by atoms with van der Waals surface area (Å²) in [4.78, 5) is 12.8. The van der Waals surface area contributed by atoms with Gasteiger partial charge < -0.3 is 0 Å². The van der Waals surface area contributed by atoms with Crippen LogP contribution in [0.4, 0.5) is 0 Å². The molecule has 0 aliphatic heterocycles. The van der Waals surface area contributed by atoms with E-state index in [-0.39, 0.29) is 5.91 Å². The van der Waals surface area contributed by atoms with Gasteiger partial charge in [-0.15, -0.1) is 0 Å². The maximum Gasteiger partial charge on any atom is 0.238 e.